The highest BCUT2D eigenvalue weighted by molar-refractivity contribution is 5.20. The average Bonchev–Trinajstić information content (AvgIpc) is 2.48. The van der Waals surface area contributed by atoms with E-state index in [1.165, 1.54) is 0 Å². The first-order chi connectivity index (χ1) is 7.06. The van der Waals surface area contributed by atoms with Crippen LogP contribution in [-0.2, 0) is 6.54 Å². The molecule has 0 radical (unpaired) electrons. The second-order valence-corrected chi connectivity index (χ2v) is 4.09. The Kier molecular flexibility index (Phi) is 4.29. The molecule has 0 aliphatic carbocycles. The smallest absolute Gasteiger partial charge is 0.138 e. The van der Waals surface area contributed by atoms with Crippen molar-refractivity contribution in [2.75, 3.05) is 13.2 Å². The predicted octanol–water partition coefficient (Wildman–Crippen LogP) is 1.49. The van der Waals surface area contributed by atoms with Crippen molar-refractivity contribution in [3.8, 4) is 0 Å². The van der Waals surface area contributed by atoms with E-state index < -0.39 is 0 Å². The number of aryl methyl sites for hydroxylation is 2. The molecule has 0 atom stereocenters. The van der Waals surface area contributed by atoms with Gasteiger partial charge in [-0.25, -0.2) is 0 Å². The number of rotatable bonds is 5. The van der Waals surface area contributed by atoms with Crippen molar-refractivity contribution in [1.82, 2.24) is 10.1 Å². The van der Waals surface area contributed by atoms with Crippen LogP contribution in [0.15, 0.2) is 4.52 Å². The van der Waals surface area contributed by atoms with Crippen LogP contribution in [0.25, 0.3) is 0 Å². The molecule has 0 spiro atoms. The lowest BCUT2D eigenvalue weighted by molar-refractivity contribution is 0.158. The molecule has 1 rings (SSSR count). The van der Waals surface area contributed by atoms with Gasteiger partial charge in [0.05, 0.1) is 12.3 Å². The van der Waals surface area contributed by atoms with Gasteiger partial charge in [0, 0.05) is 24.7 Å². The summed E-state index contributed by atoms with van der Waals surface area (Å²) in [4.78, 5) is 2.20. The minimum absolute atomic E-state index is 0.182. The molecular formula is C11H20N2O2. The van der Waals surface area contributed by atoms with E-state index in [9.17, 15) is 0 Å². The van der Waals surface area contributed by atoms with Crippen LogP contribution < -0.4 is 0 Å². The van der Waals surface area contributed by atoms with Crippen molar-refractivity contribution in [3.05, 3.63) is 17.0 Å². The third-order valence-electron chi connectivity index (χ3n) is 2.66. The zero-order chi connectivity index (χ0) is 11.4. The van der Waals surface area contributed by atoms with Gasteiger partial charge in [0.2, 0.25) is 0 Å². The summed E-state index contributed by atoms with van der Waals surface area (Å²) in [5.74, 6) is 0.871. The molecule has 0 unspecified atom stereocenters. The maximum absolute atomic E-state index is 8.97. The Hall–Kier alpha value is -0.870. The molecule has 0 bridgehead atoms. The summed E-state index contributed by atoms with van der Waals surface area (Å²) in [7, 11) is 0. The number of aromatic nitrogens is 1. The fourth-order valence-corrected chi connectivity index (χ4v) is 1.58. The summed E-state index contributed by atoms with van der Waals surface area (Å²) in [5, 5.41) is 12.9. The van der Waals surface area contributed by atoms with Crippen molar-refractivity contribution in [2.24, 2.45) is 0 Å². The van der Waals surface area contributed by atoms with Crippen LogP contribution in [0, 0.1) is 13.8 Å². The van der Waals surface area contributed by atoms with Crippen LogP contribution in [0.3, 0.4) is 0 Å². The number of aliphatic hydroxyl groups excluding tert-OH is 1. The zero-order valence-corrected chi connectivity index (χ0v) is 9.95. The van der Waals surface area contributed by atoms with Gasteiger partial charge in [-0.15, -0.1) is 0 Å². The van der Waals surface area contributed by atoms with E-state index >= 15 is 0 Å². The highest BCUT2D eigenvalue weighted by Gasteiger charge is 2.15. The van der Waals surface area contributed by atoms with Crippen molar-refractivity contribution in [2.45, 2.75) is 40.3 Å². The first-order valence-corrected chi connectivity index (χ1v) is 5.33. The monoisotopic (exact) mass is 212 g/mol. The van der Waals surface area contributed by atoms with Crippen LogP contribution in [0.5, 0.6) is 0 Å². The molecule has 0 saturated heterocycles. The van der Waals surface area contributed by atoms with Crippen molar-refractivity contribution in [1.29, 1.82) is 0 Å². The van der Waals surface area contributed by atoms with Crippen LogP contribution in [0.1, 0.15) is 30.9 Å². The summed E-state index contributed by atoms with van der Waals surface area (Å²) < 4.78 is 5.11. The van der Waals surface area contributed by atoms with E-state index in [1.54, 1.807) is 0 Å². The second-order valence-electron chi connectivity index (χ2n) is 4.09. The Labute approximate surface area is 90.9 Å². The summed E-state index contributed by atoms with van der Waals surface area (Å²) in [6.07, 6.45) is 0. The topological polar surface area (TPSA) is 49.5 Å². The first-order valence-electron chi connectivity index (χ1n) is 5.33. The van der Waals surface area contributed by atoms with E-state index in [2.05, 4.69) is 23.9 Å². The van der Waals surface area contributed by atoms with Crippen LogP contribution in [0.4, 0.5) is 0 Å². The largest absolute Gasteiger partial charge is 0.395 e. The Bertz CT molecular complexity index is 288. The molecule has 15 heavy (non-hydrogen) atoms. The van der Waals surface area contributed by atoms with Gasteiger partial charge in [-0.3, -0.25) is 4.90 Å². The fraction of sp³-hybridized carbons (Fsp3) is 0.727. The predicted molar refractivity (Wildman–Crippen MR) is 58.6 cm³/mol. The van der Waals surface area contributed by atoms with Gasteiger partial charge < -0.3 is 9.63 Å². The highest BCUT2D eigenvalue weighted by Crippen LogP contribution is 2.16. The molecule has 86 valence electrons. The normalized spacial score (nSPS) is 11.7. The van der Waals surface area contributed by atoms with E-state index in [1.807, 2.05) is 13.8 Å². The lowest BCUT2D eigenvalue weighted by atomic mass is 10.1. The maximum atomic E-state index is 8.97. The van der Waals surface area contributed by atoms with Gasteiger partial charge in [-0.2, -0.15) is 0 Å². The van der Waals surface area contributed by atoms with Gasteiger partial charge in [0.15, 0.2) is 0 Å². The lowest BCUT2D eigenvalue weighted by Gasteiger charge is -2.25. The maximum Gasteiger partial charge on any atom is 0.138 e. The molecule has 0 aliphatic rings. The number of nitrogens with zero attached hydrogens (tertiary/aromatic N) is 2. The molecular weight excluding hydrogens is 192 g/mol. The minimum Gasteiger partial charge on any atom is -0.395 e. The molecule has 0 saturated carbocycles. The molecule has 1 heterocycles. The van der Waals surface area contributed by atoms with Gasteiger partial charge in [-0.1, -0.05) is 5.16 Å². The van der Waals surface area contributed by atoms with Crippen molar-refractivity contribution >= 4 is 0 Å². The van der Waals surface area contributed by atoms with Gasteiger partial charge in [0.1, 0.15) is 5.76 Å². The molecule has 1 N–H and O–H groups in total. The SMILES string of the molecule is Cc1noc(C)c1CN(CCO)C(C)C. The Morgan fingerprint density at radius 2 is 2.07 bits per heavy atom. The van der Waals surface area contributed by atoms with Crippen LogP contribution in [-0.4, -0.2) is 34.4 Å². The van der Waals surface area contributed by atoms with Crippen molar-refractivity contribution < 1.29 is 9.63 Å². The number of aliphatic hydroxyl groups is 1. The number of hydrogen-bond donors (Lipinski definition) is 1. The van der Waals surface area contributed by atoms with Crippen molar-refractivity contribution in [3.63, 3.8) is 0 Å². The summed E-state index contributed by atoms with van der Waals surface area (Å²) >= 11 is 0. The molecule has 0 amide bonds. The quantitative estimate of drug-likeness (QED) is 0.803. The van der Waals surface area contributed by atoms with Gasteiger partial charge >= 0.3 is 0 Å². The number of hydrogen-bond acceptors (Lipinski definition) is 4. The molecule has 4 heteroatoms. The van der Waals surface area contributed by atoms with Crippen LogP contribution >= 0.6 is 0 Å². The average molecular weight is 212 g/mol. The van der Waals surface area contributed by atoms with Crippen LogP contribution in [0.2, 0.25) is 0 Å². The van der Waals surface area contributed by atoms with E-state index in [4.69, 9.17) is 9.63 Å². The Morgan fingerprint density at radius 3 is 2.47 bits per heavy atom. The summed E-state index contributed by atoms with van der Waals surface area (Å²) in [5.41, 5.74) is 2.08. The Balaban J connectivity index is 2.73. The highest BCUT2D eigenvalue weighted by atomic mass is 16.5. The fourth-order valence-electron chi connectivity index (χ4n) is 1.58. The lowest BCUT2D eigenvalue weighted by Crippen LogP contribution is -2.33. The summed E-state index contributed by atoms with van der Waals surface area (Å²) in [6, 6.07) is 0.408. The first kappa shape index (κ1) is 12.2. The van der Waals surface area contributed by atoms with E-state index in [0.717, 1.165) is 23.6 Å². The van der Waals surface area contributed by atoms with Gasteiger partial charge in [-0.05, 0) is 27.7 Å². The third kappa shape index (κ3) is 3.04. The Morgan fingerprint density at radius 1 is 1.40 bits per heavy atom. The minimum atomic E-state index is 0.182. The van der Waals surface area contributed by atoms with E-state index in [-0.39, 0.29) is 6.61 Å². The molecule has 0 aliphatic heterocycles. The second kappa shape index (κ2) is 5.28. The third-order valence-corrected chi connectivity index (χ3v) is 2.66. The van der Waals surface area contributed by atoms with Gasteiger partial charge in [0.25, 0.3) is 0 Å². The molecule has 4 nitrogen and oxygen atoms in total. The molecule has 1 aromatic rings. The summed E-state index contributed by atoms with van der Waals surface area (Å²) in [6.45, 7) is 9.76. The molecule has 0 aromatic carbocycles. The van der Waals surface area contributed by atoms with E-state index in [0.29, 0.717) is 12.6 Å². The zero-order valence-electron chi connectivity index (χ0n) is 9.95. The molecule has 0 fully saturated rings. The standard InChI is InChI=1S/C11H20N2O2/c1-8(2)13(5-6-14)7-11-9(3)12-15-10(11)4/h8,14H,5-7H2,1-4H3. The molecule has 1 aromatic heterocycles.